The van der Waals surface area contributed by atoms with Gasteiger partial charge >= 0.3 is 0 Å². The van der Waals surface area contributed by atoms with Gasteiger partial charge in [-0.25, -0.2) is 4.39 Å². The van der Waals surface area contributed by atoms with E-state index in [4.69, 9.17) is 10.5 Å². The maximum Gasteiger partial charge on any atom is 0.168 e. The Bertz CT molecular complexity index is 388. The molecule has 0 saturated heterocycles. The van der Waals surface area contributed by atoms with Gasteiger partial charge in [0, 0.05) is 17.2 Å². The second kappa shape index (κ2) is 3.38. The van der Waals surface area contributed by atoms with E-state index < -0.39 is 11.4 Å². The zero-order chi connectivity index (χ0) is 11.1. The molecule has 3 N–H and O–H groups in total. The molecule has 0 radical (unpaired) electrons. The SMILES string of the molecule is COc1cc(F)c(O)cc1C1(N)CCC1. The van der Waals surface area contributed by atoms with Crippen LogP contribution in [0.1, 0.15) is 24.8 Å². The molecule has 82 valence electrons. The van der Waals surface area contributed by atoms with Crippen LogP contribution in [0.25, 0.3) is 0 Å². The summed E-state index contributed by atoms with van der Waals surface area (Å²) in [6.45, 7) is 0. The second-order valence-electron chi connectivity index (χ2n) is 4.01. The van der Waals surface area contributed by atoms with Crippen LogP contribution in [0.15, 0.2) is 12.1 Å². The maximum absolute atomic E-state index is 13.1. The molecule has 0 aliphatic heterocycles. The highest BCUT2D eigenvalue weighted by Gasteiger charge is 2.37. The van der Waals surface area contributed by atoms with Crippen molar-refractivity contribution in [1.29, 1.82) is 0 Å². The van der Waals surface area contributed by atoms with Gasteiger partial charge in [-0.05, 0) is 25.3 Å². The van der Waals surface area contributed by atoms with Gasteiger partial charge in [0.1, 0.15) is 5.75 Å². The number of nitrogens with two attached hydrogens (primary N) is 1. The van der Waals surface area contributed by atoms with Crippen LogP contribution in [0.3, 0.4) is 0 Å². The first-order chi connectivity index (χ1) is 7.07. The molecule has 1 aromatic rings. The fraction of sp³-hybridized carbons (Fsp3) is 0.455. The normalized spacial score (nSPS) is 18.3. The second-order valence-corrected chi connectivity index (χ2v) is 4.01. The van der Waals surface area contributed by atoms with Gasteiger partial charge in [0.25, 0.3) is 0 Å². The molecule has 1 fully saturated rings. The fourth-order valence-electron chi connectivity index (χ4n) is 1.93. The van der Waals surface area contributed by atoms with Gasteiger partial charge in [0.05, 0.1) is 7.11 Å². The number of rotatable bonds is 2. The first-order valence-electron chi connectivity index (χ1n) is 4.93. The molecule has 0 spiro atoms. The van der Waals surface area contributed by atoms with Crippen LogP contribution < -0.4 is 10.5 Å². The van der Waals surface area contributed by atoms with E-state index in [1.165, 1.54) is 19.2 Å². The number of aromatic hydroxyl groups is 1. The highest BCUT2D eigenvalue weighted by Crippen LogP contribution is 2.44. The summed E-state index contributed by atoms with van der Waals surface area (Å²) in [4.78, 5) is 0. The van der Waals surface area contributed by atoms with E-state index in [2.05, 4.69) is 0 Å². The molecule has 1 saturated carbocycles. The van der Waals surface area contributed by atoms with E-state index >= 15 is 0 Å². The topological polar surface area (TPSA) is 55.5 Å². The Balaban J connectivity index is 2.49. The predicted octanol–water partition coefficient (Wildman–Crippen LogP) is 1.88. The Hall–Kier alpha value is -1.29. The molecule has 0 heterocycles. The van der Waals surface area contributed by atoms with Gasteiger partial charge < -0.3 is 15.6 Å². The van der Waals surface area contributed by atoms with Crippen LogP contribution in [-0.2, 0) is 5.54 Å². The van der Waals surface area contributed by atoms with E-state index in [1.807, 2.05) is 0 Å². The molecule has 0 amide bonds. The van der Waals surface area contributed by atoms with Crippen molar-refractivity contribution in [3.05, 3.63) is 23.5 Å². The van der Waals surface area contributed by atoms with Crippen LogP contribution in [-0.4, -0.2) is 12.2 Å². The van der Waals surface area contributed by atoms with E-state index in [-0.39, 0.29) is 5.75 Å². The lowest BCUT2D eigenvalue weighted by atomic mass is 9.72. The van der Waals surface area contributed by atoms with E-state index in [9.17, 15) is 9.50 Å². The number of hydrogen-bond donors (Lipinski definition) is 2. The quantitative estimate of drug-likeness (QED) is 0.785. The maximum atomic E-state index is 13.1. The Labute approximate surface area is 87.7 Å². The summed E-state index contributed by atoms with van der Waals surface area (Å²) in [5, 5.41) is 9.32. The monoisotopic (exact) mass is 211 g/mol. The van der Waals surface area contributed by atoms with Crippen molar-refractivity contribution in [3.8, 4) is 11.5 Å². The van der Waals surface area contributed by atoms with Crippen molar-refractivity contribution in [3.63, 3.8) is 0 Å². The zero-order valence-electron chi connectivity index (χ0n) is 8.59. The van der Waals surface area contributed by atoms with Crippen molar-refractivity contribution in [1.82, 2.24) is 0 Å². The molecule has 1 aliphatic rings. The van der Waals surface area contributed by atoms with Crippen molar-refractivity contribution in [2.75, 3.05) is 7.11 Å². The largest absolute Gasteiger partial charge is 0.505 e. The molecule has 15 heavy (non-hydrogen) atoms. The molecule has 0 unspecified atom stereocenters. The summed E-state index contributed by atoms with van der Waals surface area (Å²) in [6, 6.07) is 2.55. The number of halogens is 1. The average molecular weight is 211 g/mol. The minimum Gasteiger partial charge on any atom is -0.505 e. The molecule has 4 heteroatoms. The van der Waals surface area contributed by atoms with Crippen LogP contribution in [0.2, 0.25) is 0 Å². The lowest BCUT2D eigenvalue weighted by Crippen LogP contribution is -2.43. The van der Waals surface area contributed by atoms with Crippen molar-refractivity contribution in [2.45, 2.75) is 24.8 Å². The minimum atomic E-state index is -0.682. The summed E-state index contributed by atoms with van der Waals surface area (Å²) in [7, 11) is 1.47. The first-order valence-corrected chi connectivity index (χ1v) is 4.93. The standard InChI is InChI=1S/C11H14FNO2/c1-15-10-6-8(12)9(14)5-7(10)11(13)3-2-4-11/h5-6,14H,2-4,13H2,1H3. The summed E-state index contributed by atoms with van der Waals surface area (Å²) in [5.41, 5.74) is 6.33. The van der Waals surface area contributed by atoms with Crippen molar-refractivity contribution in [2.24, 2.45) is 5.73 Å². The molecule has 1 aromatic carbocycles. The summed E-state index contributed by atoms with van der Waals surface area (Å²) < 4.78 is 18.2. The third-order valence-corrected chi connectivity index (χ3v) is 3.05. The zero-order valence-corrected chi connectivity index (χ0v) is 8.59. The van der Waals surface area contributed by atoms with Crippen LogP contribution in [0, 0.1) is 5.82 Å². The smallest absolute Gasteiger partial charge is 0.168 e. The molecule has 0 atom stereocenters. The molecule has 2 rings (SSSR count). The highest BCUT2D eigenvalue weighted by atomic mass is 19.1. The third-order valence-electron chi connectivity index (χ3n) is 3.05. The summed E-state index contributed by atoms with van der Waals surface area (Å²) >= 11 is 0. The number of hydrogen-bond acceptors (Lipinski definition) is 3. The first kappa shape index (κ1) is 10.2. The van der Waals surface area contributed by atoms with Gasteiger partial charge in [-0.15, -0.1) is 0 Å². The number of ether oxygens (including phenoxy) is 1. The van der Waals surface area contributed by atoms with Gasteiger partial charge in [0.15, 0.2) is 11.6 Å². The minimum absolute atomic E-state index is 0.373. The van der Waals surface area contributed by atoms with Crippen LogP contribution in [0.5, 0.6) is 11.5 Å². The lowest BCUT2D eigenvalue weighted by Gasteiger charge is -2.39. The molecule has 1 aliphatic carbocycles. The molecule has 0 bridgehead atoms. The molecular formula is C11H14FNO2. The summed E-state index contributed by atoms with van der Waals surface area (Å²) in [6.07, 6.45) is 2.74. The molecule has 3 nitrogen and oxygen atoms in total. The summed E-state index contributed by atoms with van der Waals surface area (Å²) in [5.74, 6) is -0.645. The fourth-order valence-corrected chi connectivity index (χ4v) is 1.93. The number of methoxy groups -OCH3 is 1. The van der Waals surface area contributed by atoms with Gasteiger partial charge in [-0.2, -0.15) is 0 Å². The van der Waals surface area contributed by atoms with E-state index in [1.54, 1.807) is 0 Å². The van der Waals surface area contributed by atoms with Crippen LogP contribution >= 0.6 is 0 Å². The molecular weight excluding hydrogens is 197 g/mol. The lowest BCUT2D eigenvalue weighted by molar-refractivity contribution is 0.242. The van der Waals surface area contributed by atoms with Crippen molar-refractivity contribution < 1.29 is 14.2 Å². The predicted molar refractivity (Wildman–Crippen MR) is 54.3 cm³/mol. The van der Waals surface area contributed by atoms with Crippen LogP contribution in [0.4, 0.5) is 4.39 Å². The average Bonchev–Trinajstić information content (AvgIpc) is 2.18. The Morgan fingerprint density at radius 2 is 2.13 bits per heavy atom. The van der Waals surface area contributed by atoms with Gasteiger partial charge in [-0.1, -0.05) is 0 Å². The number of phenolic OH excluding ortho intramolecular Hbond substituents is 1. The van der Waals surface area contributed by atoms with E-state index in [0.717, 1.165) is 19.3 Å². The number of benzene rings is 1. The third kappa shape index (κ3) is 1.55. The highest BCUT2D eigenvalue weighted by molar-refractivity contribution is 5.45. The molecule has 0 aromatic heterocycles. The van der Waals surface area contributed by atoms with Gasteiger partial charge in [0.2, 0.25) is 0 Å². The van der Waals surface area contributed by atoms with Gasteiger partial charge in [-0.3, -0.25) is 0 Å². The Morgan fingerprint density at radius 3 is 2.60 bits per heavy atom. The number of phenols is 1. The Morgan fingerprint density at radius 1 is 1.47 bits per heavy atom. The Kier molecular flexibility index (Phi) is 2.31. The van der Waals surface area contributed by atoms with E-state index in [0.29, 0.717) is 11.3 Å². The van der Waals surface area contributed by atoms with Crippen molar-refractivity contribution >= 4 is 0 Å².